The van der Waals surface area contributed by atoms with Crippen LogP contribution in [0.15, 0.2) is 113 Å². The van der Waals surface area contributed by atoms with E-state index in [1.54, 1.807) is 33.4 Å². The monoisotopic (exact) mass is 840 g/mol. The molecule has 0 amide bonds. The lowest BCUT2D eigenvalue weighted by molar-refractivity contribution is -0.192. The molecule has 14 nitrogen and oxygen atoms in total. The molecule has 1 unspecified atom stereocenters. The number of carbonyl (C=O) groups is 1. The van der Waals surface area contributed by atoms with E-state index in [0.717, 1.165) is 48.6 Å². The molecule has 1 fully saturated rings. The molecule has 7 aromatic rings. The summed E-state index contributed by atoms with van der Waals surface area (Å²) >= 11 is 6.80. The van der Waals surface area contributed by atoms with Crippen molar-refractivity contribution in [1.82, 2.24) is 38.7 Å². The molecule has 60 heavy (non-hydrogen) atoms. The Bertz CT molecular complexity index is 2700. The molecule has 0 aliphatic carbocycles. The molecule has 0 bridgehead atoms. The number of fused-ring (bicyclic) bond motifs is 2. The van der Waals surface area contributed by atoms with Crippen LogP contribution in [0.4, 0.5) is 19.1 Å². The molecule has 1 aliphatic rings. The van der Waals surface area contributed by atoms with Gasteiger partial charge in [-0.2, -0.15) is 23.4 Å². The molecule has 1 aliphatic heterocycles. The van der Waals surface area contributed by atoms with Gasteiger partial charge in [-0.25, -0.2) is 24.1 Å². The first-order valence-electron chi connectivity index (χ1n) is 18.6. The SMILES string of the molecule is CC#CCn1c(N2CCCC(N)C2)nc2cnn(C)c(=O)c21.Cn1ncc2c(nc(Cl)n2C(c2ccccc2)(c2ccccc2)c2ccccc2)c1=O.O=C(O)C(F)(F)F. The van der Waals surface area contributed by atoms with Crippen LogP contribution in [0.5, 0.6) is 0 Å². The average molecular weight is 841 g/mol. The average Bonchev–Trinajstić information content (AvgIpc) is 3.79. The van der Waals surface area contributed by atoms with Gasteiger partial charge in [-0.15, -0.1) is 5.92 Å². The van der Waals surface area contributed by atoms with Crippen molar-refractivity contribution in [2.75, 3.05) is 18.0 Å². The van der Waals surface area contributed by atoms with Crippen LogP contribution in [-0.2, 0) is 31.0 Å². The fourth-order valence-electron chi connectivity index (χ4n) is 7.13. The van der Waals surface area contributed by atoms with E-state index in [4.69, 9.17) is 27.2 Å². The maximum Gasteiger partial charge on any atom is 0.490 e. The predicted octanol–water partition coefficient (Wildman–Crippen LogP) is 5.34. The Morgan fingerprint density at radius 3 is 1.88 bits per heavy atom. The highest BCUT2D eigenvalue weighted by Crippen LogP contribution is 2.44. The summed E-state index contributed by atoms with van der Waals surface area (Å²) in [5.74, 6) is 3.91. The third kappa shape index (κ3) is 8.51. The second kappa shape index (κ2) is 18.0. The number of piperidine rings is 1. The van der Waals surface area contributed by atoms with Crippen LogP contribution in [0, 0.1) is 11.8 Å². The zero-order valence-electron chi connectivity index (χ0n) is 32.7. The minimum absolute atomic E-state index is 0.139. The highest BCUT2D eigenvalue weighted by molar-refractivity contribution is 6.29. The van der Waals surface area contributed by atoms with Crippen molar-refractivity contribution in [3.05, 3.63) is 146 Å². The smallest absolute Gasteiger partial charge is 0.475 e. The topological polar surface area (TPSA) is 172 Å². The number of aryl methyl sites for hydroxylation is 2. The number of halogens is 4. The molecular formula is C42H40ClF3N10O4. The van der Waals surface area contributed by atoms with Gasteiger partial charge in [0.05, 0.1) is 24.5 Å². The fourth-order valence-corrected chi connectivity index (χ4v) is 7.44. The Labute approximate surface area is 346 Å². The molecule has 0 spiro atoms. The summed E-state index contributed by atoms with van der Waals surface area (Å²) in [5.41, 5.74) is 9.77. The van der Waals surface area contributed by atoms with Gasteiger partial charge in [0.25, 0.3) is 11.1 Å². The quantitative estimate of drug-likeness (QED) is 0.165. The van der Waals surface area contributed by atoms with Gasteiger partial charge >= 0.3 is 12.1 Å². The zero-order chi connectivity index (χ0) is 43.2. The number of anilines is 1. The molecule has 310 valence electrons. The molecule has 4 aromatic heterocycles. The molecule has 1 saturated heterocycles. The van der Waals surface area contributed by atoms with Gasteiger partial charge < -0.3 is 15.7 Å². The fraction of sp³-hybridized carbons (Fsp3) is 0.262. The number of hydrogen-bond donors (Lipinski definition) is 2. The molecule has 3 aromatic carbocycles. The number of hydrogen-bond acceptors (Lipinski definition) is 9. The molecule has 8 rings (SSSR count). The van der Waals surface area contributed by atoms with Gasteiger partial charge in [0.1, 0.15) is 16.6 Å². The Hall–Kier alpha value is -6.77. The van der Waals surface area contributed by atoms with E-state index in [-0.39, 0.29) is 28.0 Å². The third-order valence-corrected chi connectivity index (χ3v) is 10.1. The lowest BCUT2D eigenvalue weighted by Crippen LogP contribution is -2.44. The van der Waals surface area contributed by atoms with Crippen LogP contribution in [0.2, 0.25) is 5.28 Å². The van der Waals surface area contributed by atoms with Gasteiger partial charge in [-0.3, -0.25) is 18.7 Å². The summed E-state index contributed by atoms with van der Waals surface area (Å²) in [6.07, 6.45) is 0.244. The van der Waals surface area contributed by atoms with Crippen LogP contribution < -0.4 is 21.8 Å². The highest BCUT2D eigenvalue weighted by Gasteiger charge is 2.41. The largest absolute Gasteiger partial charge is 0.490 e. The third-order valence-electron chi connectivity index (χ3n) is 9.85. The summed E-state index contributed by atoms with van der Waals surface area (Å²) in [5, 5.41) is 15.7. The Balaban J connectivity index is 0.000000181. The maximum absolute atomic E-state index is 12.8. The minimum Gasteiger partial charge on any atom is -0.475 e. The van der Waals surface area contributed by atoms with Crippen molar-refractivity contribution in [3.63, 3.8) is 0 Å². The summed E-state index contributed by atoms with van der Waals surface area (Å²) in [6.45, 7) is 3.86. The second-order valence-corrected chi connectivity index (χ2v) is 14.1. The number of nitrogens with zero attached hydrogens (tertiary/aromatic N) is 9. The molecular weight excluding hydrogens is 801 g/mol. The molecule has 5 heterocycles. The molecule has 3 N–H and O–H groups in total. The first-order chi connectivity index (χ1) is 28.7. The Morgan fingerprint density at radius 1 is 0.867 bits per heavy atom. The number of aromatic nitrogens is 8. The van der Waals surface area contributed by atoms with E-state index in [2.05, 4.69) is 73.3 Å². The van der Waals surface area contributed by atoms with Gasteiger partial charge in [-0.1, -0.05) is 96.9 Å². The lowest BCUT2D eigenvalue weighted by Gasteiger charge is -2.38. The van der Waals surface area contributed by atoms with Gasteiger partial charge in [0.2, 0.25) is 11.2 Å². The molecule has 1 atom stereocenters. The number of alkyl halides is 3. The van der Waals surface area contributed by atoms with E-state index in [9.17, 15) is 22.8 Å². The summed E-state index contributed by atoms with van der Waals surface area (Å²) < 4.78 is 38.1. The molecule has 18 heteroatoms. The number of imidazole rings is 2. The first kappa shape index (κ1) is 42.8. The Kier molecular flexibility index (Phi) is 12.9. The van der Waals surface area contributed by atoms with E-state index >= 15 is 0 Å². The molecule has 0 saturated carbocycles. The van der Waals surface area contributed by atoms with E-state index < -0.39 is 17.7 Å². The van der Waals surface area contributed by atoms with Crippen LogP contribution in [0.25, 0.3) is 22.1 Å². The Morgan fingerprint density at radius 2 is 1.38 bits per heavy atom. The van der Waals surface area contributed by atoms with Gasteiger partial charge in [-0.05, 0) is 48.1 Å². The zero-order valence-corrected chi connectivity index (χ0v) is 33.5. The summed E-state index contributed by atoms with van der Waals surface area (Å²) in [6, 6.07) is 30.5. The van der Waals surface area contributed by atoms with Crippen LogP contribution in [-0.4, -0.2) is 75.0 Å². The van der Waals surface area contributed by atoms with Crippen LogP contribution in [0.1, 0.15) is 36.5 Å². The van der Waals surface area contributed by atoms with E-state index in [1.807, 2.05) is 63.7 Å². The van der Waals surface area contributed by atoms with E-state index in [1.165, 1.54) is 9.36 Å². The summed E-state index contributed by atoms with van der Waals surface area (Å²) in [7, 11) is 3.24. The van der Waals surface area contributed by atoms with Crippen molar-refractivity contribution in [2.24, 2.45) is 19.8 Å². The van der Waals surface area contributed by atoms with Gasteiger partial charge in [0, 0.05) is 33.2 Å². The lowest BCUT2D eigenvalue weighted by atomic mass is 9.76. The number of rotatable bonds is 6. The highest BCUT2D eigenvalue weighted by atomic mass is 35.5. The van der Waals surface area contributed by atoms with Crippen molar-refractivity contribution >= 4 is 45.6 Å². The number of carboxylic acid groups (broad SMARTS) is 1. The second-order valence-electron chi connectivity index (χ2n) is 13.7. The van der Waals surface area contributed by atoms with Crippen molar-refractivity contribution < 1.29 is 23.1 Å². The van der Waals surface area contributed by atoms with Crippen molar-refractivity contribution in [1.29, 1.82) is 0 Å². The van der Waals surface area contributed by atoms with Gasteiger partial charge in [0.15, 0.2) is 5.52 Å². The van der Waals surface area contributed by atoms with Crippen molar-refractivity contribution in [2.45, 2.75) is 44.1 Å². The number of aliphatic carboxylic acids is 1. The predicted molar refractivity (Wildman–Crippen MR) is 222 cm³/mol. The molecule has 0 radical (unpaired) electrons. The van der Waals surface area contributed by atoms with Crippen LogP contribution >= 0.6 is 11.6 Å². The maximum atomic E-state index is 12.8. The van der Waals surface area contributed by atoms with Crippen molar-refractivity contribution in [3.8, 4) is 11.8 Å². The summed E-state index contributed by atoms with van der Waals surface area (Å²) in [4.78, 5) is 45.3. The first-order valence-corrected chi connectivity index (χ1v) is 19.0. The number of nitrogens with two attached hydrogens (primary N) is 1. The standard InChI is InChI=1S/C25H19ClN4O.C15H20N6O.C2HF3O2/c1-29-23(31)22-21(17-27-29)30(24(26)28-22)25(18-11-5-2-6-12-18,19-13-7-3-8-14-19)20-15-9-4-10-16-20;1-3-4-8-21-13-12(9-17-19(2)14(13)22)18-15(21)20-7-5-6-11(16)10-20;3-2(4,5)1(6)7/h2-17H,1H3;9,11H,5-8,10,16H2,1-2H3;(H,6,7). The minimum atomic E-state index is -5.08. The normalized spacial score (nSPS) is 14.1. The number of carboxylic acids is 1. The number of benzene rings is 3. The van der Waals surface area contributed by atoms with E-state index in [0.29, 0.717) is 23.1 Å². The van der Waals surface area contributed by atoms with Crippen LogP contribution in [0.3, 0.4) is 0 Å².